The SMILES string of the molecule is CCNCC1CCN(C(=O)c2cccc(OCC)c2)CC1. The Bertz CT molecular complexity index is 454. The van der Waals surface area contributed by atoms with E-state index in [1.54, 1.807) is 0 Å². The minimum Gasteiger partial charge on any atom is -0.494 e. The van der Waals surface area contributed by atoms with E-state index >= 15 is 0 Å². The number of amides is 1. The van der Waals surface area contributed by atoms with Crippen LogP contribution < -0.4 is 10.1 Å². The maximum atomic E-state index is 12.5. The second-order valence-electron chi connectivity index (χ2n) is 5.50. The van der Waals surface area contributed by atoms with E-state index in [1.165, 1.54) is 0 Å². The second kappa shape index (κ2) is 8.03. The summed E-state index contributed by atoms with van der Waals surface area (Å²) in [6, 6.07) is 7.49. The first-order valence-electron chi connectivity index (χ1n) is 7.97. The van der Waals surface area contributed by atoms with Gasteiger partial charge < -0.3 is 15.0 Å². The number of nitrogens with zero attached hydrogens (tertiary/aromatic N) is 1. The fraction of sp³-hybridized carbons (Fsp3) is 0.588. The van der Waals surface area contributed by atoms with Gasteiger partial charge in [0, 0.05) is 18.7 Å². The van der Waals surface area contributed by atoms with Gasteiger partial charge in [0.1, 0.15) is 5.75 Å². The van der Waals surface area contributed by atoms with Crippen molar-refractivity contribution in [2.75, 3.05) is 32.8 Å². The van der Waals surface area contributed by atoms with Crippen molar-refractivity contribution < 1.29 is 9.53 Å². The average Bonchev–Trinajstić information content (AvgIpc) is 2.53. The van der Waals surface area contributed by atoms with Crippen molar-refractivity contribution in [2.24, 2.45) is 5.92 Å². The number of carbonyl (C=O) groups excluding carboxylic acids is 1. The molecule has 1 aliphatic heterocycles. The number of nitrogens with one attached hydrogen (secondary N) is 1. The van der Waals surface area contributed by atoms with Gasteiger partial charge in [-0.3, -0.25) is 4.79 Å². The molecule has 4 nitrogen and oxygen atoms in total. The van der Waals surface area contributed by atoms with Crippen LogP contribution in [0.5, 0.6) is 5.75 Å². The molecule has 116 valence electrons. The summed E-state index contributed by atoms with van der Waals surface area (Å²) >= 11 is 0. The van der Waals surface area contributed by atoms with Gasteiger partial charge >= 0.3 is 0 Å². The lowest BCUT2D eigenvalue weighted by Gasteiger charge is -2.32. The van der Waals surface area contributed by atoms with Gasteiger partial charge in [0.15, 0.2) is 0 Å². The van der Waals surface area contributed by atoms with E-state index in [2.05, 4.69) is 12.2 Å². The minimum atomic E-state index is 0.124. The van der Waals surface area contributed by atoms with Gasteiger partial charge in [-0.15, -0.1) is 0 Å². The van der Waals surface area contributed by atoms with Crippen LogP contribution in [0.3, 0.4) is 0 Å². The number of benzene rings is 1. The molecular weight excluding hydrogens is 264 g/mol. The number of hydrogen-bond donors (Lipinski definition) is 1. The largest absolute Gasteiger partial charge is 0.494 e. The van der Waals surface area contributed by atoms with E-state index in [0.29, 0.717) is 12.5 Å². The maximum Gasteiger partial charge on any atom is 0.253 e. The Balaban J connectivity index is 1.91. The molecule has 1 fully saturated rings. The molecule has 0 bridgehead atoms. The lowest BCUT2D eigenvalue weighted by atomic mass is 9.96. The summed E-state index contributed by atoms with van der Waals surface area (Å²) < 4.78 is 5.47. The molecule has 1 aromatic carbocycles. The zero-order valence-electron chi connectivity index (χ0n) is 13.1. The number of likely N-dealkylation sites (tertiary alicyclic amines) is 1. The van der Waals surface area contributed by atoms with Crippen LogP contribution in [-0.4, -0.2) is 43.6 Å². The molecule has 0 aliphatic carbocycles. The zero-order valence-corrected chi connectivity index (χ0v) is 13.1. The van der Waals surface area contributed by atoms with Gasteiger partial charge in [0.05, 0.1) is 6.61 Å². The van der Waals surface area contributed by atoms with Crippen molar-refractivity contribution in [2.45, 2.75) is 26.7 Å². The molecule has 2 rings (SSSR count). The van der Waals surface area contributed by atoms with E-state index in [9.17, 15) is 4.79 Å². The molecule has 21 heavy (non-hydrogen) atoms. The fourth-order valence-corrected chi connectivity index (χ4v) is 2.76. The molecular formula is C17H26N2O2. The highest BCUT2D eigenvalue weighted by Crippen LogP contribution is 2.20. The van der Waals surface area contributed by atoms with E-state index in [-0.39, 0.29) is 5.91 Å². The fourth-order valence-electron chi connectivity index (χ4n) is 2.76. The zero-order chi connectivity index (χ0) is 15.1. The average molecular weight is 290 g/mol. The Morgan fingerprint density at radius 3 is 2.76 bits per heavy atom. The Hall–Kier alpha value is -1.55. The molecule has 0 aromatic heterocycles. The lowest BCUT2D eigenvalue weighted by molar-refractivity contribution is 0.0690. The summed E-state index contributed by atoms with van der Waals surface area (Å²) in [6.07, 6.45) is 2.17. The molecule has 0 unspecified atom stereocenters. The maximum absolute atomic E-state index is 12.5. The highest BCUT2D eigenvalue weighted by molar-refractivity contribution is 5.94. The number of hydrogen-bond acceptors (Lipinski definition) is 3. The Kier molecular flexibility index (Phi) is 6.05. The molecule has 1 saturated heterocycles. The van der Waals surface area contributed by atoms with E-state index < -0.39 is 0 Å². The third kappa shape index (κ3) is 4.46. The van der Waals surface area contributed by atoms with Crippen LogP contribution in [0.15, 0.2) is 24.3 Å². The summed E-state index contributed by atoms with van der Waals surface area (Å²) in [5.74, 6) is 1.59. The smallest absolute Gasteiger partial charge is 0.253 e. The molecule has 0 atom stereocenters. The predicted octanol–water partition coefficient (Wildman–Crippen LogP) is 2.55. The van der Waals surface area contributed by atoms with Crippen molar-refractivity contribution in [1.82, 2.24) is 10.2 Å². The van der Waals surface area contributed by atoms with Crippen LogP contribution in [0.2, 0.25) is 0 Å². The van der Waals surface area contributed by atoms with Crippen molar-refractivity contribution >= 4 is 5.91 Å². The summed E-state index contributed by atoms with van der Waals surface area (Å²) in [6.45, 7) is 8.49. The monoisotopic (exact) mass is 290 g/mol. The van der Waals surface area contributed by atoms with Gasteiger partial charge in [-0.05, 0) is 57.0 Å². The van der Waals surface area contributed by atoms with Crippen LogP contribution in [0.25, 0.3) is 0 Å². The van der Waals surface area contributed by atoms with Gasteiger partial charge in [-0.1, -0.05) is 13.0 Å². The highest BCUT2D eigenvalue weighted by atomic mass is 16.5. The van der Waals surface area contributed by atoms with Crippen LogP contribution in [0, 0.1) is 5.92 Å². The van der Waals surface area contributed by atoms with Crippen molar-refractivity contribution in [3.63, 3.8) is 0 Å². The van der Waals surface area contributed by atoms with Crippen molar-refractivity contribution in [3.8, 4) is 5.75 Å². The summed E-state index contributed by atoms with van der Waals surface area (Å²) in [7, 11) is 0. The summed E-state index contributed by atoms with van der Waals surface area (Å²) in [5.41, 5.74) is 0.728. The molecule has 0 spiro atoms. The van der Waals surface area contributed by atoms with Gasteiger partial charge in [0.25, 0.3) is 5.91 Å². The van der Waals surface area contributed by atoms with Crippen LogP contribution in [-0.2, 0) is 0 Å². The van der Waals surface area contributed by atoms with Crippen molar-refractivity contribution in [3.05, 3.63) is 29.8 Å². The van der Waals surface area contributed by atoms with Gasteiger partial charge in [-0.2, -0.15) is 0 Å². The van der Waals surface area contributed by atoms with Crippen molar-refractivity contribution in [1.29, 1.82) is 0 Å². The predicted molar refractivity (Wildman–Crippen MR) is 84.8 cm³/mol. The number of rotatable bonds is 6. The summed E-state index contributed by atoms with van der Waals surface area (Å²) in [5, 5.41) is 3.40. The first kappa shape index (κ1) is 15.8. The Labute approximate surface area is 127 Å². The first-order valence-corrected chi connectivity index (χ1v) is 7.97. The molecule has 1 heterocycles. The number of ether oxygens (including phenoxy) is 1. The lowest BCUT2D eigenvalue weighted by Crippen LogP contribution is -2.40. The first-order chi connectivity index (χ1) is 10.2. The molecule has 4 heteroatoms. The molecule has 1 aromatic rings. The molecule has 0 radical (unpaired) electrons. The van der Waals surface area contributed by atoms with Crippen LogP contribution in [0.1, 0.15) is 37.0 Å². The standard InChI is InChI=1S/C17H26N2O2/c1-3-18-13-14-8-10-19(11-9-14)17(20)15-6-5-7-16(12-15)21-4-2/h5-7,12,14,18H,3-4,8-11,13H2,1-2H3. The van der Waals surface area contributed by atoms with E-state index in [1.807, 2.05) is 36.1 Å². The topological polar surface area (TPSA) is 41.6 Å². The van der Waals surface area contributed by atoms with Gasteiger partial charge in [-0.25, -0.2) is 0 Å². The minimum absolute atomic E-state index is 0.124. The molecule has 0 saturated carbocycles. The van der Waals surface area contributed by atoms with E-state index in [4.69, 9.17) is 4.74 Å². The summed E-state index contributed by atoms with van der Waals surface area (Å²) in [4.78, 5) is 14.5. The van der Waals surface area contributed by atoms with Crippen LogP contribution in [0.4, 0.5) is 0 Å². The number of piperidine rings is 1. The molecule has 1 aliphatic rings. The molecule has 1 N–H and O–H groups in total. The van der Waals surface area contributed by atoms with Gasteiger partial charge in [0.2, 0.25) is 0 Å². The normalized spacial score (nSPS) is 16.0. The molecule has 1 amide bonds. The third-order valence-electron chi connectivity index (χ3n) is 3.98. The quantitative estimate of drug-likeness (QED) is 0.875. The number of carbonyl (C=O) groups is 1. The Morgan fingerprint density at radius 1 is 1.33 bits per heavy atom. The third-order valence-corrected chi connectivity index (χ3v) is 3.98. The highest BCUT2D eigenvalue weighted by Gasteiger charge is 2.23. The van der Waals surface area contributed by atoms with Crippen LogP contribution >= 0.6 is 0 Å². The Morgan fingerprint density at radius 2 is 2.10 bits per heavy atom. The van der Waals surface area contributed by atoms with E-state index in [0.717, 1.165) is 50.3 Å². The second-order valence-corrected chi connectivity index (χ2v) is 5.50.